The number of nitrogens with zero attached hydrogens (tertiary/aromatic N) is 2. The second-order valence-corrected chi connectivity index (χ2v) is 6.68. The summed E-state index contributed by atoms with van der Waals surface area (Å²) in [7, 11) is 0. The number of aromatic nitrogens is 3. The van der Waals surface area contributed by atoms with Gasteiger partial charge in [-0.05, 0) is 28.9 Å². The van der Waals surface area contributed by atoms with Crippen LogP contribution in [0.1, 0.15) is 11.4 Å². The van der Waals surface area contributed by atoms with Crippen LogP contribution in [0, 0.1) is 0 Å². The van der Waals surface area contributed by atoms with E-state index in [1.165, 1.54) is 17.4 Å². The molecule has 2 N–H and O–H groups in total. The molecular weight excluding hydrogens is 350 g/mol. The van der Waals surface area contributed by atoms with Crippen LogP contribution in [0.4, 0.5) is 0 Å². The highest BCUT2D eigenvalue weighted by Gasteiger charge is 2.14. The number of rotatable bonds is 3. The van der Waals surface area contributed by atoms with E-state index in [1.807, 2.05) is 18.2 Å². The van der Waals surface area contributed by atoms with Crippen molar-refractivity contribution < 1.29 is 9.63 Å². The molecule has 0 aliphatic heterocycles. The number of benzene rings is 1. The lowest BCUT2D eigenvalue weighted by Crippen LogP contribution is -2.10. The van der Waals surface area contributed by atoms with Gasteiger partial charge in [-0.2, -0.15) is 0 Å². The molecule has 0 radical (unpaired) electrons. The van der Waals surface area contributed by atoms with Gasteiger partial charge in [-0.3, -0.25) is 4.79 Å². The zero-order chi connectivity index (χ0) is 16.7. The molecule has 6 nitrogen and oxygen atoms in total. The van der Waals surface area contributed by atoms with Crippen LogP contribution < -0.4 is 5.56 Å². The number of hydrogen-bond acceptors (Lipinski definition) is 6. The van der Waals surface area contributed by atoms with E-state index in [9.17, 15) is 9.90 Å². The predicted molar refractivity (Wildman–Crippen MR) is 91.7 cm³/mol. The van der Waals surface area contributed by atoms with E-state index in [4.69, 9.17) is 16.1 Å². The Bertz CT molecular complexity index is 1100. The molecule has 0 fully saturated rings. The number of thiophene rings is 1. The molecule has 0 unspecified atom stereocenters. The van der Waals surface area contributed by atoms with Crippen molar-refractivity contribution in [1.29, 1.82) is 0 Å². The molecule has 0 saturated heterocycles. The van der Waals surface area contributed by atoms with Crippen LogP contribution in [0.2, 0.25) is 5.02 Å². The highest BCUT2D eigenvalue weighted by Crippen LogP contribution is 2.32. The van der Waals surface area contributed by atoms with Crippen LogP contribution in [0.15, 0.2) is 45.7 Å². The quantitative estimate of drug-likeness (QED) is 0.583. The van der Waals surface area contributed by atoms with Crippen molar-refractivity contribution >= 4 is 33.2 Å². The first-order valence-corrected chi connectivity index (χ1v) is 8.21. The van der Waals surface area contributed by atoms with Crippen molar-refractivity contribution in [3.05, 3.63) is 63.2 Å². The van der Waals surface area contributed by atoms with Gasteiger partial charge in [-0.15, -0.1) is 11.3 Å². The summed E-state index contributed by atoms with van der Waals surface area (Å²) in [6, 6.07) is 10.5. The third kappa shape index (κ3) is 2.79. The largest absolute Gasteiger partial charge is 0.491 e. The van der Waals surface area contributed by atoms with Gasteiger partial charge in [0.2, 0.25) is 0 Å². The summed E-state index contributed by atoms with van der Waals surface area (Å²) in [5.41, 5.74) is 1.32. The number of nitrogens with one attached hydrogen (secondary N) is 1. The van der Waals surface area contributed by atoms with Gasteiger partial charge in [-0.1, -0.05) is 23.7 Å². The topological polar surface area (TPSA) is 92.0 Å². The van der Waals surface area contributed by atoms with Crippen molar-refractivity contribution in [2.45, 2.75) is 6.42 Å². The van der Waals surface area contributed by atoms with Crippen LogP contribution in [-0.4, -0.2) is 20.2 Å². The minimum atomic E-state index is -0.211. The maximum absolute atomic E-state index is 12.3. The predicted octanol–water partition coefficient (Wildman–Crippen LogP) is 3.59. The van der Waals surface area contributed by atoms with Gasteiger partial charge in [0.15, 0.2) is 5.76 Å². The maximum atomic E-state index is 12.3. The van der Waals surface area contributed by atoms with Crippen LogP contribution in [0.3, 0.4) is 0 Å². The van der Waals surface area contributed by atoms with Gasteiger partial charge in [0.1, 0.15) is 10.5 Å². The summed E-state index contributed by atoms with van der Waals surface area (Å²) in [5, 5.41) is 13.4. The minimum absolute atomic E-state index is 0.203. The summed E-state index contributed by atoms with van der Waals surface area (Å²) >= 11 is 7.22. The number of H-pyrrole nitrogens is 1. The van der Waals surface area contributed by atoms with Crippen LogP contribution >= 0.6 is 22.9 Å². The van der Waals surface area contributed by atoms with Crippen molar-refractivity contribution in [3.63, 3.8) is 0 Å². The van der Waals surface area contributed by atoms with E-state index < -0.39 is 0 Å². The molecule has 120 valence electrons. The highest BCUT2D eigenvalue weighted by atomic mass is 35.5. The highest BCUT2D eigenvalue weighted by molar-refractivity contribution is 7.22. The third-order valence-electron chi connectivity index (χ3n) is 3.43. The summed E-state index contributed by atoms with van der Waals surface area (Å²) in [6.45, 7) is 0. The molecule has 4 aromatic rings. The summed E-state index contributed by atoms with van der Waals surface area (Å²) in [5.74, 6) is 0.747. The Morgan fingerprint density at radius 1 is 1.29 bits per heavy atom. The second kappa shape index (κ2) is 5.77. The molecule has 0 amide bonds. The third-order valence-corrected chi connectivity index (χ3v) is 4.81. The second-order valence-electron chi connectivity index (χ2n) is 5.19. The number of aromatic hydroxyl groups is 1. The van der Waals surface area contributed by atoms with E-state index in [0.29, 0.717) is 38.1 Å². The van der Waals surface area contributed by atoms with E-state index in [0.717, 1.165) is 5.56 Å². The van der Waals surface area contributed by atoms with Crippen LogP contribution in [-0.2, 0) is 6.42 Å². The molecule has 0 atom stereocenters. The summed E-state index contributed by atoms with van der Waals surface area (Å²) in [4.78, 5) is 20.3. The SMILES string of the molecule is O=c1[nH]c(Cc2cccc(Cl)c2)nc2cc(-c3cc(O)no3)sc12. The normalized spacial score (nSPS) is 11.2. The molecule has 0 aliphatic carbocycles. The molecule has 0 spiro atoms. The molecular formula is C16H10ClN3O3S. The number of aromatic amines is 1. The molecule has 24 heavy (non-hydrogen) atoms. The first-order valence-electron chi connectivity index (χ1n) is 7.02. The Hall–Kier alpha value is -2.64. The lowest BCUT2D eigenvalue weighted by Gasteiger charge is -2.02. The molecule has 0 aliphatic rings. The maximum Gasteiger partial charge on any atom is 0.268 e. The van der Waals surface area contributed by atoms with Gasteiger partial charge >= 0.3 is 0 Å². The average Bonchev–Trinajstić information content (AvgIpc) is 3.13. The lowest BCUT2D eigenvalue weighted by molar-refractivity contribution is 0.366. The molecule has 0 bridgehead atoms. The smallest absolute Gasteiger partial charge is 0.268 e. The first-order chi connectivity index (χ1) is 11.6. The zero-order valence-electron chi connectivity index (χ0n) is 12.1. The van der Waals surface area contributed by atoms with Gasteiger partial charge in [0, 0.05) is 11.4 Å². The monoisotopic (exact) mass is 359 g/mol. The van der Waals surface area contributed by atoms with E-state index in [2.05, 4.69) is 15.1 Å². The van der Waals surface area contributed by atoms with Crippen LogP contribution in [0.25, 0.3) is 20.9 Å². The van der Waals surface area contributed by atoms with Gasteiger partial charge < -0.3 is 14.6 Å². The van der Waals surface area contributed by atoms with Crippen molar-refractivity contribution in [1.82, 2.24) is 15.1 Å². The minimum Gasteiger partial charge on any atom is -0.491 e. The summed E-state index contributed by atoms with van der Waals surface area (Å²) < 4.78 is 5.51. The Balaban J connectivity index is 1.75. The standard InChI is InChI=1S/C16H10ClN3O3S/c17-9-3-1-2-8(4-9)5-13-18-10-6-12(11-7-14(21)20-23-11)24-15(10)16(22)19-13/h1-4,6-7H,5H2,(H,20,21)(H,18,19,22). The molecule has 3 heterocycles. The van der Waals surface area contributed by atoms with Gasteiger partial charge in [-0.25, -0.2) is 4.98 Å². The Morgan fingerprint density at radius 2 is 2.17 bits per heavy atom. The molecule has 3 aromatic heterocycles. The van der Waals surface area contributed by atoms with E-state index in [1.54, 1.807) is 12.1 Å². The number of fused-ring (bicyclic) bond motifs is 1. The number of halogens is 1. The molecule has 8 heteroatoms. The fourth-order valence-corrected chi connectivity index (χ4v) is 3.57. The zero-order valence-corrected chi connectivity index (χ0v) is 13.7. The Morgan fingerprint density at radius 3 is 2.92 bits per heavy atom. The van der Waals surface area contributed by atoms with Crippen LogP contribution in [0.5, 0.6) is 5.88 Å². The molecule has 0 saturated carbocycles. The fourth-order valence-electron chi connectivity index (χ4n) is 2.42. The van der Waals surface area contributed by atoms with Gasteiger partial charge in [0.05, 0.1) is 16.5 Å². The Kier molecular flexibility index (Phi) is 3.59. The molecule has 1 aromatic carbocycles. The van der Waals surface area contributed by atoms with Crippen molar-refractivity contribution in [2.24, 2.45) is 0 Å². The van der Waals surface area contributed by atoms with Crippen molar-refractivity contribution in [3.8, 4) is 16.5 Å². The fraction of sp³-hybridized carbons (Fsp3) is 0.0625. The summed E-state index contributed by atoms with van der Waals surface area (Å²) in [6.07, 6.45) is 0.472. The lowest BCUT2D eigenvalue weighted by atomic mass is 10.1. The van der Waals surface area contributed by atoms with E-state index >= 15 is 0 Å². The van der Waals surface area contributed by atoms with Crippen molar-refractivity contribution in [2.75, 3.05) is 0 Å². The van der Waals surface area contributed by atoms with E-state index in [-0.39, 0.29) is 11.4 Å². The average molecular weight is 360 g/mol. The Labute approximate surface area is 144 Å². The number of hydrogen-bond donors (Lipinski definition) is 2. The van der Waals surface area contributed by atoms with Gasteiger partial charge in [0.25, 0.3) is 11.4 Å². The first kappa shape index (κ1) is 14.9. The molecule has 4 rings (SSSR count).